The van der Waals surface area contributed by atoms with Crippen LogP contribution >= 0.6 is 11.6 Å². The molecule has 13 heteroatoms. The molecule has 2 aromatic carbocycles. The maximum absolute atomic E-state index is 14.8. The van der Waals surface area contributed by atoms with Crippen LogP contribution in [-0.2, 0) is 35.2 Å². The summed E-state index contributed by atoms with van der Waals surface area (Å²) in [5.41, 5.74) is 4.06. The number of carbonyl (C=O) groups excluding carboxylic acids is 5. The summed E-state index contributed by atoms with van der Waals surface area (Å²) in [6, 6.07) is 11.4. The topological polar surface area (TPSA) is 155 Å². The standard InChI is InChI=1S/C40H50ClN5O7/c1-3-8-31(36(48)38(50)42-29-15-16-29)44-37(49)34-23-40(22-33(45-53-40)27-11-7-12-28(41)21-27)24-46(34)39(51)32(19-26-13-17-30(52-2)18-14-26)43-35(47)20-25-9-5-4-6-10-25/h7,11-14,17-18,21-22,25,29,31-32,34,45H,3-6,8-10,15-16,19-20,23-24H2,1-2H3,(H,42,50)(H,43,47)(H,44,49)/t31-,32-,34-,40+/m0/s1. The monoisotopic (exact) mass is 747 g/mol. The molecule has 1 saturated heterocycles. The fraction of sp³-hybridized carbons (Fsp3) is 0.525. The maximum Gasteiger partial charge on any atom is 0.289 e. The van der Waals surface area contributed by atoms with Gasteiger partial charge in [0.2, 0.25) is 23.5 Å². The maximum atomic E-state index is 14.8. The van der Waals surface area contributed by atoms with Gasteiger partial charge in [0, 0.05) is 35.9 Å². The van der Waals surface area contributed by atoms with E-state index in [1.807, 2.05) is 37.3 Å². The van der Waals surface area contributed by atoms with Gasteiger partial charge in [-0.2, -0.15) is 0 Å². The van der Waals surface area contributed by atoms with Crippen LogP contribution < -0.4 is 26.2 Å². The van der Waals surface area contributed by atoms with Crippen LogP contribution in [0.15, 0.2) is 54.6 Å². The number of hydrogen-bond acceptors (Lipinski definition) is 8. The first-order valence-electron chi connectivity index (χ1n) is 18.9. The number of rotatable bonds is 15. The molecule has 4 aliphatic rings. The van der Waals surface area contributed by atoms with Crippen LogP contribution in [0, 0.1) is 5.92 Å². The van der Waals surface area contributed by atoms with Crippen molar-refractivity contribution in [3.63, 3.8) is 0 Å². The molecule has 284 valence electrons. The zero-order valence-corrected chi connectivity index (χ0v) is 31.2. The molecule has 4 N–H and O–H groups in total. The van der Waals surface area contributed by atoms with E-state index in [4.69, 9.17) is 21.2 Å². The zero-order chi connectivity index (χ0) is 37.5. The van der Waals surface area contributed by atoms with Crippen LogP contribution in [-0.4, -0.2) is 77.7 Å². The number of halogens is 1. The number of nitrogens with one attached hydrogen (secondary N) is 4. The van der Waals surface area contributed by atoms with Crippen LogP contribution in [0.5, 0.6) is 5.75 Å². The summed E-state index contributed by atoms with van der Waals surface area (Å²) >= 11 is 6.28. The number of hydrogen-bond donors (Lipinski definition) is 4. The number of hydroxylamine groups is 1. The van der Waals surface area contributed by atoms with E-state index in [1.54, 1.807) is 31.4 Å². The quantitative estimate of drug-likeness (QED) is 0.196. The van der Waals surface area contributed by atoms with E-state index in [1.165, 1.54) is 4.90 Å². The number of Topliss-reactive ketones (excluding diaryl/α,β-unsaturated/α-hetero) is 1. The van der Waals surface area contributed by atoms with Crippen molar-refractivity contribution in [3.8, 4) is 5.75 Å². The van der Waals surface area contributed by atoms with Gasteiger partial charge in [0.25, 0.3) is 5.91 Å². The van der Waals surface area contributed by atoms with Gasteiger partial charge in [-0.15, -0.1) is 0 Å². The van der Waals surface area contributed by atoms with Crippen molar-refractivity contribution in [3.05, 3.63) is 70.8 Å². The Kier molecular flexibility index (Phi) is 12.4. The van der Waals surface area contributed by atoms with Crippen molar-refractivity contribution < 1.29 is 33.5 Å². The molecule has 0 aromatic heterocycles. The Hall–Kier alpha value is -4.42. The lowest BCUT2D eigenvalue weighted by atomic mass is 9.86. The molecule has 4 amide bonds. The molecule has 6 rings (SSSR count). The first-order valence-corrected chi connectivity index (χ1v) is 19.2. The van der Waals surface area contributed by atoms with Crippen molar-refractivity contribution in [1.29, 1.82) is 0 Å². The van der Waals surface area contributed by atoms with Gasteiger partial charge in [-0.1, -0.05) is 68.5 Å². The average molecular weight is 748 g/mol. The van der Waals surface area contributed by atoms with E-state index in [0.717, 1.165) is 56.1 Å². The second-order valence-corrected chi connectivity index (χ2v) is 15.3. The molecule has 2 aliphatic heterocycles. The first kappa shape index (κ1) is 38.3. The van der Waals surface area contributed by atoms with Crippen LogP contribution in [0.2, 0.25) is 5.02 Å². The average Bonchev–Trinajstić information content (AvgIpc) is 3.75. The lowest BCUT2D eigenvalue weighted by Crippen LogP contribution is -2.57. The second kappa shape index (κ2) is 17.2. The highest BCUT2D eigenvalue weighted by atomic mass is 35.5. The van der Waals surface area contributed by atoms with Crippen molar-refractivity contribution in [2.24, 2.45) is 5.92 Å². The van der Waals surface area contributed by atoms with Gasteiger partial charge in [-0.25, -0.2) is 0 Å². The summed E-state index contributed by atoms with van der Waals surface area (Å²) < 4.78 is 5.32. The van der Waals surface area contributed by atoms with Crippen molar-refractivity contribution in [1.82, 2.24) is 26.3 Å². The summed E-state index contributed by atoms with van der Waals surface area (Å²) in [6.45, 7) is 1.86. The summed E-state index contributed by atoms with van der Waals surface area (Å²) in [4.78, 5) is 76.3. The van der Waals surface area contributed by atoms with Crippen LogP contribution in [0.25, 0.3) is 5.70 Å². The van der Waals surface area contributed by atoms with Crippen molar-refractivity contribution >= 4 is 46.7 Å². The summed E-state index contributed by atoms with van der Waals surface area (Å²) in [7, 11) is 1.57. The fourth-order valence-electron chi connectivity index (χ4n) is 7.59. The highest BCUT2D eigenvalue weighted by molar-refractivity contribution is 6.38. The third-order valence-corrected chi connectivity index (χ3v) is 10.9. The molecule has 3 fully saturated rings. The Morgan fingerprint density at radius 2 is 1.75 bits per heavy atom. The minimum Gasteiger partial charge on any atom is -0.497 e. The molecule has 2 aliphatic carbocycles. The van der Waals surface area contributed by atoms with Gasteiger partial charge in [0.05, 0.1) is 25.4 Å². The molecule has 1 spiro atoms. The minimum atomic E-state index is -1.11. The molecular formula is C40H50ClN5O7. The number of nitrogens with zero attached hydrogens (tertiary/aromatic N) is 1. The van der Waals surface area contributed by atoms with E-state index < -0.39 is 47.2 Å². The van der Waals surface area contributed by atoms with Gasteiger partial charge < -0.3 is 25.6 Å². The molecule has 0 bridgehead atoms. The second-order valence-electron chi connectivity index (χ2n) is 14.9. The number of likely N-dealkylation sites (tertiary alicyclic amines) is 1. The third kappa shape index (κ3) is 9.77. The van der Waals surface area contributed by atoms with E-state index >= 15 is 0 Å². The molecule has 2 heterocycles. The predicted molar refractivity (Wildman–Crippen MR) is 199 cm³/mol. The van der Waals surface area contributed by atoms with E-state index in [0.29, 0.717) is 29.3 Å². The van der Waals surface area contributed by atoms with Gasteiger partial charge in [-0.05, 0) is 73.9 Å². The molecular weight excluding hydrogens is 698 g/mol. The SMILES string of the molecule is CCC[C@H](NC(=O)[C@@H]1C[C@]2(C=C(c3cccc(Cl)c3)NO2)CN1C(=O)[C@H](Cc1ccc(OC)cc1)NC(=O)CC1CCCCC1)C(=O)C(=O)NC1CC1. The molecule has 2 saturated carbocycles. The number of ether oxygens (including phenoxy) is 1. The van der Waals surface area contributed by atoms with Gasteiger partial charge in [0.1, 0.15) is 23.4 Å². The Morgan fingerprint density at radius 3 is 2.43 bits per heavy atom. The normalized spacial score (nSPS) is 22.4. The minimum absolute atomic E-state index is 0.00679. The largest absolute Gasteiger partial charge is 0.497 e. The number of methoxy groups -OCH3 is 1. The molecule has 12 nitrogen and oxygen atoms in total. The summed E-state index contributed by atoms with van der Waals surface area (Å²) in [5.74, 6) is -1.76. The Bertz CT molecular complexity index is 1710. The molecule has 53 heavy (non-hydrogen) atoms. The van der Waals surface area contributed by atoms with Gasteiger partial charge in [0.15, 0.2) is 0 Å². The van der Waals surface area contributed by atoms with E-state index in [2.05, 4.69) is 21.4 Å². The Balaban J connectivity index is 1.29. The first-order chi connectivity index (χ1) is 25.6. The number of amides is 4. The van der Waals surface area contributed by atoms with Crippen molar-refractivity contribution in [2.45, 2.75) is 114 Å². The Morgan fingerprint density at radius 1 is 1.00 bits per heavy atom. The summed E-state index contributed by atoms with van der Waals surface area (Å²) in [5, 5.41) is 9.10. The molecule has 0 unspecified atom stereocenters. The molecule has 4 atom stereocenters. The lowest BCUT2D eigenvalue weighted by Gasteiger charge is -2.30. The fourth-order valence-corrected chi connectivity index (χ4v) is 7.78. The van der Waals surface area contributed by atoms with E-state index in [-0.39, 0.29) is 43.7 Å². The predicted octanol–water partition coefficient (Wildman–Crippen LogP) is 4.39. The third-order valence-electron chi connectivity index (χ3n) is 10.6. The van der Waals surface area contributed by atoms with Crippen LogP contribution in [0.1, 0.15) is 88.7 Å². The molecule has 0 radical (unpaired) electrons. The number of ketones is 1. The molecule has 2 aromatic rings. The summed E-state index contributed by atoms with van der Waals surface area (Å²) in [6.07, 6.45) is 10.1. The highest BCUT2D eigenvalue weighted by Crippen LogP contribution is 2.38. The number of carbonyl (C=O) groups is 5. The van der Waals surface area contributed by atoms with Crippen LogP contribution in [0.3, 0.4) is 0 Å². The smallest absolute Gasteiger partial charge is 0.289 e. The number of benzene rings is 2. The highest BCUT2D eigenvalue weighted by Gasteiger charge is 2.53. The van der Waals surface area contributed by atoms with Gasteiger partial charge in [-0.3, -0.25) is 34.3 Å². The lowest BCUT2D eigenvalue weighted by molar-refractivity contribution is -0.143. The zero-order valence-electron chi connectivity index (χ0n) is 30.5. The van der Waals surface area contributed by atoms with Crippen molar-refractivity contribution in [2.75, 3.05) is 13.7 Å². The van der Waals surface area contributed by atoms with Crippen LogP contribution in [0.4, 0.5) is 0 Å². The Labute approximate surface area is 315 Å². The van der Waals surface area contributed by atoms with Gasteiger partial charge >= 0.3 is 0 Å². The van der Waals surface area contributed by atoms with E-state index in [9.17, 15) is 24.0 Å².